The number of pyridine rings is 1. The van der Waals surface area contributed by atoms with E-state index in [1.807, 2.05) is 44.4 Å². The third kappa shape index (κ3) is 6.04. The first kappa shape index (κ1) is 27.8. The number of fused-ring (bicyclic) bond motifs is 1. The van der Waals surface area contributed by atoms with Crippen molar-refractivity contribution in [3.63, 3.8) is 0 Å². The van der Waals surface area contributed by atoms with E-state index in [4.69, 9.17) is 0 Å². The smallest absolute Gasteiger partial charge is 0.227 e. The Morgan fingerprint density at radius 3 is 2.80 bits per heavy atom. The molecule has 1 unspecified atom stereocenters. The van der Waals surface area contributed by atoms with E-state index >= 15 is 0 Å². The SMILES string of the molecule is C=N/C=C(\C=C(/C)NC(=O)C1CCC1)C(C)/C=c1/c(-c2cc3c(-c4cccc(F)c4)ccnc3[nH]2)n[nH]/c1=C/NC. The molecule has 1 aliphatic carbocycles. The maximum atomic E-state index is 14.0. The number of rotatable bonds is 9. The van der Waals surface area contributed by atoms with Gasteiger partial charge in [0, 0.05) is 53.8 Å². The second-order valence-electron chi connectivity index (χ2n) is 10.4. The monoisotopic (exact) mass is 551 g/mol. The molecule has 0 spiro atoms. The Labute approximate surface area is 237 Å². The van der Waals surface area contributed by atoms with E-state index in [1.54, 1.807) is 18.5 Å². The highest BCUT2D eigenvalue weighted by molar-refractivity contribution is 5.95. The Morgan fingerprint density at radius 2 is 2.10 bits per heavy atom. The second-order valence-corrected chi connectivity index (χ2v) is 10.4. The lowest BCUT2D eigenvalue weighted by Gasteiger charge is -2.24. The molecular formula is C32H34FN7O. The van der Waals surface area contributed by atoms with Crippen LogP contribution in [0, 0.1) is 17.7 Å². The minimum absolute atomic E-state index is 0.0700. The molecule has 4 aromatic rings. The van der Waals surface area contributed by atoms with Crippen LogP contribution in [0.2, 0.25) is 0 Å². The number of carbonyl (C=O) groups is 1. The van der Waals surface area contributed by atoms with Gasteiger partial charge in [0.25, 0.3) is 0 Å². The van der Waals surface area contributed by atoms with Crippen LogP contribution in [-0.4, -0.2) is 39.8 Å². The molecule has 3 heterocycles. The van der Waals surface area contributed by atoms with Crippen molar-refractivity contribution in [2.45, 2.75) is 33.1 Å². The van der Waals surface area contributed by atoms with E-state index in [1.165, 1.54) is 12.1 Å². The minimum Gasteiger partial charge on any atom is -0.392 e. The van der Waals surface area contributed by atoms with Crippen LogP contribution in [0.3, 0.4) is 0 Å². The fraction of sp³-hybridized carbons (Fsp3) is 0.250. The lowest BCUT2D eigenvalue weighted by atomic mass is 9.85. The van der Waals surface area contributed by atoms with E-state index in [0.29, 0.717) is 11.3 Å². The van der Waals surface area contributed by atoms with Gasteiger partial charge >= 0.3 is 0 Å². The number of carbonyl (C=O) groups excluding carboxylic acids is 1. The molecule has 0 saturated heterocycles. The third-order valence-electron chi connectivity index (χ3n) is 7.41. The summed E-state index contributed by atoms with van der Waals surface area (Å²) in [5, 5.41) is 16.4. The number of halogens is 1. The molecule has 8 nitrogen and oxygen atoms in total. The second kappa shape index (κ2) is 12.2. The van der Waals surface area contributed by atoms with Gasteiger partial charge in [-0.2, -0.15) is 5.10 Å². The summed E-state index contributed by atoms with van der Waals surface area (Å²) in [5.41, 5.74) is 5.46. The largest absolute Gasteiger partial charge is 0.392 e. The van der Waals surface area contributed by atoms with Gasteiger partial charge in [0.1, 0.15) is 17.2 Å². The summed E-state index contributed by atoms with van der Waals surface area (Å²) in [6.07, 6.45) is 12.3. The Balaban J connectivity index is 1.55. The topological polar surface area (TPSA) is 111 Å². The number of nitrogens with one attached hydrogen (secondary N) is 4. The van der Waals surface area contributed by atoms with Crippen molar-refractivity contribution in [3.05, 3.63) is 82.5 Å². The molecule has 1 fully saturated rings. The maximum absolute atomic E-state index is 14.0. The predicted molar refractivity (Wildman–Crippen MR) is 162 cm³/mol. The molecule has 1 aliphatic rings. The van der Waals surface area contributed by atoms with E-state index in [2.05, 4.69) is 55.5 Å². The zero-order valence-electron chi connectivity index (χ0n) is 23.5. The number of H-pyrrole nitrogens is 2. The van der Waals surface area contributed by atoms with Gasteiger partial charge in [-0.05, 0) is 73.5 Å². The Morgan fingerprint density at radius 1 is 1.27 bits per heavy atom. The predicted octanol–water partition coefficient (Wildman–Crippen LogP) is 4.54. The van der Waals surface area contributed by atoms with Crippen LogP contribution in [0.15, 0.2) is 71.1 Å². The number of aromatic nitrogens is 4. The highest BCUT2D eigenvalue weighted by Gasteiger charge is 2.25. The Bertz CT molecular complexity index is 1770. The van der Waals surface area contributed by atoms with Crippen LogP contribution in [-0.2, 0) is 4.79 Å². The van der Waals surface area contributed by atoms with Crippen molar-refractivity contribution >= 4 is 35.9 Å². The quantitative estimate of drug-likeness (QED) is 0.181. The van der Waals surface area contributed by atoms with Gasteiger partial charge in [-0.1, -0.05) is 31.6 Å². The van der Waals surface area contributed by atoms with Crippen molar-refractivity contribution < 1.29 is 9.18 Å². The number of benzene rings is 1. The molecule has 1 amide bonds. The maximum Gasteiger partial charge on any atom is 0.227 e. The molecule has 1 atom stereocenters. The summed E-state index contributed by atoms with van der Waals surface area (Å²) in [4.78, 5) is 24.4. The zero-order valence-corrected chi connectivity index (χ0v) is 23.5. The lowest BCUT2D eigenvalue weighted by Crippen LogP contribution is -2.33. The van der Waals surface area contributed by atoms with Crippen molar-refractivity contribution in [1.82, 2.24) is 30.8 Å². The molecule has 1 saturated carbocycles. The van der Waals surface area contributed by atoms with Crippen molar-refractivity contribution in [3.8, 4) is 22.5 Å². The van der Waals surface area contributed by atoms with Crippen molar-refractivity contribution in [2.24, 2.45) is 16.8 Å². The average Bonchev–Trinajstić information content (AvgIpc) is 3.51. The molecule has 4 N–H and O–H groups in total. The number of amides is 1. The van der Waals surface area contributed by atoms with Gasteiger partial charge in [-0.3, -0.25) is 14.9 Å². The first-order chi connectivity index (χ1) is 19.9. The number of hydrogen-bond acceptors (Lipinski definition) is 5. The standard InChI is InChI=1S/C32H34FN7O/c1-19(23(17-34-3)14-20(2)37-32(41)21-7-5-8-21)13-27-29(18-35-4)39-40-30(27)28-16-26-25(11-12-36-31(26)38-28)22-9-6-10-24(33)15-22/h6,9-19,21,35,39H,3,5,7-8H2,1-2,4H3,(H,36,38)(H,37,41)/b20-14+,23-17+,27-13+,29-18+. The lowest BCUT2D eigenvalue weighted by molar-refractivity contribution is -0.126. The molecule has 5 rings (SSSR count). The molecule has 1 aromatic carbocycles. The molecule has 210 valence electrons. The average molecular weight is 552 g/mol. The summed E-state index contributed by atoms with van der Waals surface area (Å²) < 4.78 is 14.0. The van der Waals surface area contributed by atoms with Crippen LogP contribution < -0.4 is 21.2 Å². The van der Waals surface area contributed by atoms with Gasteiger partial charge in [0.05, 0.1) is 11.0 Å². The van der Waals surface area contributed by atoms with Crippen molar-refractivity contribution in [2.75, 3.05) is 7.05 Å². The highest BCUT2D eigenvalue weighted by Crippen LogP contribution is 2.30. The van der Waals surface area contributed by atoms with Gasteiger partial charge in [-0.25, -0.2) is 9.37 Å². The van der Waals surface area contributed by atoms with Gasteiger partial charge in [-0.15, -0.1) is 0 Å². The molecule has 0 aliphatic heterocycles. The fourth-order valence-corrected chi connectivity index (χ4v) is 5.05. The van der Waals surface area contributed by atoms with Gasteiger partial charge in [0.2, 0.25) is 5.91 Å². The molecule has 3 aromatic heterocycles. The van der Waals surface area contributed by atoms with Gasteiger partial charge < -0.3 is 15.6 Å². The first-order valence-electron chi connectivity index (χ1n) is 13.7. The van der Waals surface area contributed by atoms with E-state index < -0.39 is 0 Å². The number of nitrogens with zero attached hydrogens (tertiary/aromatic N) is 3. The Hall–Kier alpha value is -4.79. The fourth-order valence-electron chi connectivity index (χ4n) is 5.05. The van der Waals surface area contributed by atoms with Crippen LogP contribution in [0.5, 0.6) is 0 Å². The van der Waals surface area contributed by atoms with E-state index in [9.17, 15) is 9.18 Å². The molecule has 0 bridgehead atoms. The highest BCUT2D eigenvalue weighted by atomic mass is 19.1. The van der Waals surface area contributed by atoms with Crippen LogP contribution in [0.4, 0.5) is 4.39 Å². The summed E-state index contributed by atoms with van der Waals surface area (Å²) in [6.45, 7) is 7.59. The molecule has 9 heteroatoms. The molecule has 41 heavy (non-hydrogen) atoms. The number of aliphatic imine (C=N–C) groups is 1. The first-order valence-corrected chi connectivity index (χ1v) is 13.7. The van der Waals surface area contributed by atoms with E-state index in [-0.39, 0.29) is 23.6 Å². The summed E-state index contributed by atoms with van der Waals surface area (Å²) in [5.74, 6) is -0.214. The molecule has 0 radical (unpaired) electrons. The Kier molecular flexibility index (Phi) is 8.24. The van der Waals surface area contributed by atoms with Gasteiger partial charge in [0.15, 0.2) is 0 Å². The normalized spacial score (nSPS) is 16.1. The van der Waals surface area contributed by atoms with Crippen LogP contribution in [0.25, 0.3) is 45.8 Å². The third-order valence-corrected chi connectivity index (χ3v) is 7.41. The van der Waals surface area contributed by atoms with Crippen molar-refractivity contribution in [1.29, 1.82) is 0 Å². The number of allylic oxidation sites excluding steroid dienone is 3. The molecular weight excluding hydrogens is 517 g/mol. The number of aromatic amines is 2. The zero-order chi connectivity index (χ0) is 28.9. The minimum atomic E-state index is -0.293. The van der Waals surface area contributed by atoms with Crippen LogP contribution in [0.1, 0.15) is 33.1 Å². The number of hydrogen-bond donors (Lipinski definition) is 4. The summed E-state index contributed by atoms with van der Waals surface area (Å²) in [6, 6.07) is 10.4. The summed E-state index contributed by atoms with van der Waals surface area (Å²) in [7, 11) is 1.83. The van der Waals surface area contributed by atoms with Crippen LogP contribution >= 0.6 is 0 Å². The van der Waals surface area contributed by atoms with E-state index in [0.717, 1.165) is 63.3 Å². The summed E-state index contributed by atoms with van der Waals surface area (Å²) >= 11 is 0.